The van der Waals surface area contributed by atoms with Crippen molar-refractivity contribution in [1.82, 2.24) is 0 Å². The van der Waals surface area contributed by atoms with Crippen molar-refractivity contribution in [2.45, 2.75) is 70.8 Å². The Balaban J connectivity index is 2.02. The summed E-state index contributed by atoms with van der Waals surface area (Å²) in [5.74, 6) is 2.70. The van der Waals surface area contributed by atoms with Gasteiger partial charge in [0.1, 0.15) is 0 Å². The van der Waals surface area contributed by atoms with Crippen LogP contribution in [0.2, 0.25) is 0 Å². The average Bonchev–Trinajstić information content (AvgIpc) is 2.98. The molecule has 3 aliphatic rings. The van der Waals surface area contributed by atoms with Crippen LogP contribution in [0, 0.1) is 23.2 Å². The molecule has 16 heavy (non-hydrogen) atoms. The third-order valence-corrected chi connectivity index (χ3v) is 6.57. The molecule has 0 spiro atoms. The highest BCUT2D eigenvalue weighted by Crippen LogP contribution is 2.70. The van der Waals surface area contributed by atoms with Gasteiger partial charge in [0.2, 0.25) is 0 Å². The van der Waals surface area contributed by atoms with Crippen molar-refractivity contribution >= 4 is 0 Å². The molecule has 0 radical (unpaired) electrons. The molecule has 3 saturated carbocycles. The zero-order valence-electron chi connectivity index (χ0n) is 10.8. The summed E-state index contributed by atoms with van der Waals surface area (Å²) >= 11 is 0. The van der Waals surface area contributed by atoms with Crippen molar-refractivity contribution in [1.29, 1.82) is 0 Å². The van der Waals surface area contributed by atoms with Gasteiger partial charge in [-0.2, -0.15) is 0 Å². The molecule has 92 valence electrons. The third-order valence-electron chi connectivity index (χ3n) is 6.57. The summed E-state index contributed by atoms with van der Waals surface area (Å²) in [6.07, 6.45) is 10.3. The lowest BCUT2D eigenvalue weighted by atomic mass is 9.57. The Bertz CT molecular complexity index is 281. The quantitative estimate of drug-likeness (QED) is 0.771. The van der Waals surface area contributed by atoms with Crippen molar-refractivity contribution in [3.8, 4) is 0 Å². The number of aliphatic hydroxyl groups is 1. The highest BCUT2D eigenvalue weighted by atomic mass is 16.3. The van der Waals surface area contributed by atoms with Crippen LogP contribution >= 0.6 is 0 Å². The van der Waals surface area contributed by atoms with E-state index in [1.807, 2.05) is 0 Å². The highest BCUT2D eigenvalue weighted by Gasteiger charge is 2.66. The van der Waals surface area contributed by atoms with Crippen molar-refractivity contribution < 1.29 is 5.11 Å². The Kier molecular flexibility index (Phi) is 2.41. The van der Waals surface area contributed by atoms with Crippen LogP contribution in [0.15, 0.2) is 0 Å². The molecule has 3 rings (SSSR count). The van der Waals surface area contributed by atoms with Gasteiger partial charge in [0.15, 0.2) is 0 Å². The van der Waals surface area contributed by atoms with E-state index in [2.05, 4.69) is 13.8 Å². The molecule has 0 aliphatic heterocycles. The third kappa shape index (κ3) is 1.06. The van der Waals surface area contributed by atoms with E-state index in [4.69, 9.17) is 0 Å². The minimum atomic E-state index is -0.353. The summed E-state index contributed by atoms with van der Waals surface area (Å²) in [4.78, 5) is 0. The molecule has 4 unspecified atom stereocenters. The lowest BCUT2D eigenvalue weighted by Crippen LogP contribution is -2.52. The van der Waals surface area contributed by atoms with Crippen LogP contribution in [-0.4, -0.2) is 10.7 Å². The second-order valence-electron chi connectivity index (χ2n) is 6.55. The maximum absolute atomic E-state index is 11.1. The monoisotopic (exact) mass is 222 g/mol. The average molecular weight is 222 g/mol. The molecule has 1 heteroatoms. The minimum absolute atomic E-state index is 0.333. The Morgan fingerprint density at radius 1 is 1.19 bits per heavy atom. The zero-order chi connectivity index (χ0) is 11.4. The van der Waals surface area contributed by atoms with Gasteiger partial charge in [-0.15, -0.1) is 0 Å². The molecule has 4 atom stereocenters. The van der Waals surface area contributed by atoms with Gasteiger partial charge in [-0.3, -0.25) is 0 Å². The smallest absolute Gasteiger partial charge is 0.0703 e. The van der Waals surface area contributed by atoms with Gasteiger partial charge in [-0.1, -0.05) is 20.3 Å². The molecule has 3 fully saturated rings. The van der Waals surface area contributed by atoms with Crippen LogP contribution in [0.1, 0.15) is 65.2 Å². The van der Waals surface area contributed by atoms with Crippen molar-refractivity contribution in [2.75, 3.05) is 0 Å². The van der Waals surface area contributed by atoms with Crippen LogP contribution < -0.4 is 0 Å². The van der Waals surface area contributed by atoms with Gasteiger partial charge in [0.25, 0.3) is 0 Å². The second kappa shape index (κ2) is 3.48. The summed E-state index contributed by atoms with van der Waals surface area (Å²) in [6, 6.07) is 0. The van der Waals surface area contributed by atoms with E-state index in [-0.39, 0.29) is 5.60 Å². The number of hydrogen-bond acceptors (Lipinski definition) is 1. The van der Waals surface area contributed by atoms with E-state index in [0.717, 1.165) is 30.6 Å². The second-order valence-corrected chi connectivity index (χ2v) is 6.55. The molecule has 2 bridgehead atoms. The Hall–Kier alpha value is -0.0400. The SMILES string of the molecule is CCC(O)(CC)C12CCCC1C1CCC2C1. The Morgan fingerprint density at radius 3 is 2.62 bits per heavy atom. The van der Waals surface area contributed by atoms with Crippen LogP contribution in [-0.2, 0) is 0 Å². The van der Waals surface area contributed by atoms with Gasteiger partial charge in [0.05, 0.1) is 5.60 Å². The van der Waals surface area contributed by atoms with Gasteiger partial charge in [-0.25, -0.2) is 0 Å². The molecule has 3 aliphatic carbocycles. The van der Waals surface area contributed by atoms with Crippen LogP contribution in [0.5, 0.6) is 0 Å². The van der Waals surface area contributed by atoms with E-state index in [1.54, 1.807) is 0 Å². The molecule has 0 aromatic carbocycles. The fourth-order valence-electron chi connectivity index (χ4n) is 5.94. The van der Waals surface area contributed by atoms with Crippen molar-refractivity contribution in [2.24, 2.45) is 23.2 Å². The maximum atomic E-state index is 11.1. The Morgan fingerprint density at radius 2 is 1.94 bits per heavy atom. The molecule has 0 heterocycles. The van der Waals surface area contributed by atoms with Crippen molar-refractivity contribution in [3.63, 3.8) is 0 Å². The van der Waals surface area contributed by atoms with Crippen LogP contribution in [0.3, 0.4) is 0 Å². The molecule has 0 amide bonds. The molecular weight excluding hydrogens is 196 g/mol. The van der Waals surface area contributed by atoms with Crippen molar-refractivity contribution in [3.05, 3.63) is 0 Å². The van der Waals surface area contributed by atoms with E-state index in [9.17, 15) is 5.11 Å². The van der Waals surface area contributed by atoms with Crippen LogP contribution in [0.4, 0.5) is 0 Å². The normalized spacial score (nSPS) is 46.3. The zero-order valence-corrected chi connectivity index (χ0v) is 10.8. The largest absolute Gasteiger partial charge is 0.389 e. The molecule has 0 saturated heterocycles. The first-order chi connectivity index (χ1) is 7.68. The summed E-state index contributed by atoms with van der Waals surface area (Å²) < 4.78 is 0. The molecule has 1 N–H and O–H groups in total. The fourth-order valence-corrected chi connectivity index (χ4v) is 5.94. The van der Waals surface area contributed by atoms with Gasteiger partial charge >= 0.3 is 0 Å². The van der Waals surface area contributed by atoms with Gasteiger partial charge in [0, 0.05) is 5.41 Å². The summed E-state index contributed by atoms with van der Waals surface area (Å²) in [7, 11) is 0. The van der Waals surface area contributed by atoms with E-state index in [1.165, 1.54) is 38.5 Å². The summed E-state index contributed by atoms with van der Waals surface area (Å²) in [5, 5.41) is 11.1. The predicted octanol–water partition coefficient (Wildman–Crippen LogP) is 3.75. The lowest BCUT2D eigenvalue weighted by molar-refractivity contribution is -0.136. The van der Waals surface area contributed by atoms with Gasteiger partial charge in [-0.05, 0) is 62.7 Å². The minimum Gasteiger partial charge on any atom is -0.389 e. The number of rotatable bonds is 3. The summed E-state index contributed by atoms with van der Waals surface area (Å²) in [6.45, 7) is 4.39. The van der Waals surface area contributed by atoms with E-state index < -0.39 is 0 Å². The maximum Gasteiger partial charge on any atom is 0.0703 e. The standard InChI is InChI=1S/C15H26O/c1-3-14(16,4-2)15-9-5-6-13(15)11-7-8-12(15)10-11/h11-13,16H,3-10H2,1-2H3. The molecule has 0 aromatic heterocycles. The van der Waals surface area contributed by atoms with E-state index >= 15 is 0 Å². The fraction of sp³-hybridized carbons (Fsp3) is 1.00. The predicted molar refractivity (Wildman–Crippen MR) is 66.1 cm³/mol. The lowest BCUT2D eigenvalue weighted by Gasteiger charge is -2.51. The summed E-state index contributed by atoms with van der Waals surface area (Å²) in [5.41, 5.74) is -0.0204. The molecule has 1 nitrogen and oxygen atoms in total. The number of hydrogen-bond donors (Lipinski definition) is 1. The molecule has 0 aromatic rings. The highest BCUT2D eigenvalue weighted by molar-refractivity contribution is 5.16. The molecular formula is C15H26O. The topological polar surface area (TPSA) is 20.2 Å². The van der Waals surface area contributed by atoms with E-state index in [0.29, 0.717) is 5.41 Å². The first kappa shape index (κ1) is 11.1. The first-order valence-corrected chi connectivity index (χ1v) is 7.40. The van der Waals surface area contributed by atoms with Gasteiger partial charge < -0.3 is 5.11 Å². The first-order valence-electron chi connectivity index (χ1n) is 7.40. The Labute approximate surface area is 99.6 Å². The van der Waals surface area contributed by atoms with Crippen LogP contribution in [0.25, 0.3) is 0 Å². The number of fused-ring (bicyclic) bond motifs is 5.